The fraction of sp³-hybridized carbons (Fsp3) is 0.875. The lowest BCUT2D eigenvalue weighted by Gasteiger charge is -2.72. The summed E-state index contributed by atoms with van der Waals surface area (Å²) in [5, 5.41) is 4.21. The Morgan fingerprint density at radius 2 is 1.70 bits per heavy atom. The molecule has 1 heterocycles. The molecule has 0 radical (unpaired) electrons. The number of esters is 1. The number of carbonyl (C=O) groups excluding carboxylic acids is 1. The van der Waals surface area contributed by atoms with E-state index in [4.69, 9.17) is 4.74 Å². The number of hydrogen-bond acceptors (Lipinski definition) is 6. The Morgan fingerprint density at radius 1 is 0.979 bits per heavy atom. The van der Waals surface area contributed by atoms with E-state index in [0.717, 1.165) is 31.8 Å². The second kappa shape index (κ2) is 12.5. The SMILES string of the molecule is C=C(C)C1CCC2(NCCN3CCS(=O)(=O)CC3)CCC3(C)C(CCC4C5(C)CC=C(CCCC(=O)OC)C(C)(C)C5CCC43C)C12. The third-order valence-electron chi connectivity index (χ3n) is 16.2. The maximum Gasteiger partial charge on any atom is 0.305 e. The molecule has 6 nitrogen and oxygen atoms in total. The van der Waals surface area contributed by atoms with Crippen molar-refractivity contribution in [1.29, 1.82) is 0 Å². The summed E-state index contributed by atoms with van der Waals surface area (Å²) in [5.41, 5.74) is 4.22. The highest BCUT2D eigenvalue weighted by atomic mass is 32.2. The van der Waals surface area contributed by atoms with E-state index in [-0.39, 0.29) is 16.9 Å². The van der Waals surface area contributed by atoms with Crippen LogP contribution < -0.4 is 5.32 Å². The first-order valence-corrected chi connectivity index (χ1v) is 20.9. The van der Waals surface area contributed by atoms with Crippen LogP contribution in [0.4, 0.5) is 0 Å². The zero-order chi connectivity index (χ0) is 34.0. The number of methoxy groups -OCH3 is 1. The van der Waals surface area contributed by atoms with Gasteiger partial charge in [0.15, 0.2) is 9.84 Å². The van der Waals surface area contributed by atoms with Crippen molar-refractivity contribution in [2.24, 2.45) is 51.2 Å². The lowest BCUT2D eigenvalue weighted by atomic mass is 9.33. The summed E-state index contributed by atoms with van der Waals surface area (Å²) in [4.78, 5) is 14.2. The van der Waals surface area contributed by atoms with Gasteiger partial charge in [-0.15, -0.1) is 0 Å². The Kier molecular flexibility index (Phi) is 9.51. The van der Waals surface area contributed by atoms with Crippen LogP contribution in [0.3, 0.4) is 0 Å². The van der Waals surface area contributed by atoms with E-state index < -0.39 is 9.84 Å². The van der Waals surface area contributed by atoms with Gasteiger partial charge in [0, 0.05) is 38.1 Å². The molecule has 5 aliphatic carbocycles. The molecule has 7 heteroatoms. The van der Waals surface area contributed by atoms with Crippen LogP contribution in [0.2, 0.25) is 0 Å². The normalized spacial score (nSPS) is 43.9. The summed E-state index contributed by atoms with van der Waals surface area (Å²) in [6.07, 6.45) is 16.5. The molecule has 0 aromatic heterocycles. The van der Waals surface area contributed by atoms with Crippen molar-refractivity contribution in [2.45, 2.75) is 124 Å². The van der Waals surface area contributed by atoms with Gasteiger partial charge in [-0.05, 0) is 129 Å². The van der Waals surface area contributed by atoms with Crippen LogP contribution in [-0.4, -0.2) is 69.6 Å². The largest absolute Gasteiger partial charge is 0.469 e. The summed E-state index contributed by atoms with van der Waals surface area (Å²) < 4.78 is 28.9. The van der Waals surface area contributed by atoms with Gasteiger partial charge in [0.2, 0.25) is 0 Å². The van der Waals surface area contributed by atoms with E-state index in [1.165, 1.54) is 70.5 Å². The van der Waals surface area contributed by atoms with Gasteiger partial charge in [-0.3, -0.25) is 4.79 Å². The third kappa shape index (κ3) is 5.82. The molecule has 9 unspecified atom stereocenters. The summed E-state index contributed by atoms with van der Waals surface area (Å²) in [7, 11) is -1.35. The van der Waals surface area contributed by atoms with Crippen molar-refractivity contribution in [3.05, 3.63) is 23.8 Å². The Hall–Kier alpha value is -1.18. The van der Waals surface area contributed by atoms with Crippen LogP contribution >= 0.6 is 0 Å². The minimum absolute atomic E-state index is 0.0926. The zero-order valence-corrected chi connectivity index (χ0v) is 31.7. The molecule has 1 N–H and O–H groups in total. The lowest BCUT2D eigenvalue weighted by Crippen LogP contribution is -2.68. The third-order valence-corrected chi connectivity index (χ3v) is 17.8. The number of carbonyl (C=O) groups is 1. The highest BCUT2D eigenvalue weighted by Gasteiger charge is 2.70. The van der Waals surface area contributed by atoms with Gasteiger partial charge in [-0.1, -0.05) is 58.4 Å². The van der Waals surface area contributed by atoms with E-state index in [0.29, 0.717) is 70.9 Å². The molecule has 0 spiro atoms. The molecule has 1 saturated heterocycles. The number of sulfone groups is 1. The van der Waals surface area contributed by atoms with Crippen molar-refractivity contribution >= 4 is 15.8 Å². The van der Waals surface area contributed by atoms with Gasteiger partial charge in [0.1, 0.15) is 0 Å². The molecular weight excluding hydrogens is 605 g/mol. The van der Waals surface area contributed by atoms with Crippen LogP contribution in [0.1, 0.15) is 119 Å². The molecule has 1 aliphatic heterocycles. The lowest BCUT2D eigenvalue weighted by molar-refractivity contribution is -0.221. The molecule has 0 amide bonds. The molecule has 6 rings (SSSR count). The number of fused-ring (bicyclic) bond motifs is 7. The molecule has 47 heavy (non-hydrogen) atoms. The van der Waals surface area contributed by atoms with Crippen molar-refractivity contribution in [3.63, 3.8) is 0 Å². The second-order valence-corrected chi connectivity index (χ2v) is 20.7. The van der Waals surface area contributed by atoms with Gasteiger partial charge in [0.05, 0.1) is 18.6 Å². The Balaban J connectivity index is 1.22. The van der Waals surface area contributed by atoms with Crippen molar-refractivity contribution in [2.75, 3.05) is 44.8 Å². The second-order valence-electron chi connectivity index (χ2n) is 18.3. The predicted octanol–water partition coefficient (Wildman–Crippen LogP) is 7.60. The first-order valence-electron chi connectivity index (χ1n) is 19.1. The number of ether oxygens (including phenoxy) is 1. The van der Waals surface area contributed by atoms with E-state index in [9.17, 15) is 13.2 Å². The molecule has 4 saturated carbocycles. The highest BCUT2D eigenvalue weighted by Crippen LogP contribution is 2.76. The van der Waals surface area contributed by atoms with Gasteiger partial charge in [-0.2, -0.15) is 0 Å². The Bertz CT molecular complexity index is 1360. The summed E-state index contributed by atoms with van der Waals surface area (Å²) in [5.74, 6) is 3.85. The standard InChI is InChI=1S/C40H66N2O4S/c1-28(2)30-15-19-40(41-22-23-42-24-26-47(44,45)27-25-42)21-20-38(6)31(35(30)40)12-13-33-37(5)17-14-29(10-9-11-34(43)46-8)36(3,4)32(37)16-18-39(33,38)7/h14,30-33,35,41H,1,9-13,15-27H2,2-8H3. The monoisotopic (exact) mass is 670 g/mol. The highest BCUT2D eigenvalue weighted by molar-refractivity contribution is 7.91. The maximum atomic E-state index is 12.0. The number of nitrogens with zero attached hydrogens (tertiary/aromatic N) is 1. The van der Waals surface area contributed by atoms with Gasteiger partial charge in [0.25, 0.3) is 0 Å². The average Bonchev–Trinajstić information content (AvgIpc) is 3.39. The molecule has 9 atom stereocenters. The smallest absolute Gasteiger partial charge is 0.305 e. The molecule has 6 aliphatic rings. The van der Waals surface area contributed by atoms with Crippen LogP contribution in [0.15, 0.2) is 23.8 Å². The number of nitrogens with one attached hydrogen (secondary N) is 1. The number of allylic oxidation sites excluding steroid dienone is 3. The topological polar surface area (TPSA) is 75.7 Å². The Morgan fingerprint density at radius 3 is 2.38 bits per heavy atom. The fourth-order valence-electron chi connectivity index (χ4n) is 13.5. The van der Waals surface area contributed by atoms with E-state index in [1.54, 1.807) is 5.57 Å². The van der Waals surface area contributed by atoms with Gasteiger partial charge in [-0.25, -0.2) is 8.42 Å². The predicted molar refractivity (Wildman–Crippen MR) is 192 cm³/mol. The quantitative estimate of drug-likeness (QED) is 0.201. The molecule has 0 aromatic rings. The Labute approximate surface area is 287 Å². The van der Waals surface area contributed by atoms with E-state index >= 15 is 0 Å². The molecule has 5 fully saturated rings. The minimum atomic E-state index is -2.85. The van der Waals surface area contributed by atoms with Crippen LogP contribution in [-0.2, 0) is 19.4 Å². The number of rotatable bonds is 9. The summed E-state index contributed by atoms with van der Waals surface area (Å²) in [6.45, 7) is 23.3. The fourth-order valence-corrected chi connectivity index (χ4v) is 14.8. The van der Waals surface area contributed by atoms with Crippen molar-refractivity contribution < 1.29 is 17.9 Å². The number of hydrogen-bond donors (Lipinski definition) is 1. The van der Waals surface area contributed by atoms with Crippen molar-refractivity contribution in [1.82, 2.24) is 10.2 Å². The first kappa shape index (κ1) is 35.6. The van der Waals surface area contributed by atoms with Crippen LogP contribution in [0, 0.1) is 51.2 Å². The van der Waals surface area contributed by atoms with Crippen molar-refractivity contribution in [3.8, 4) is 0 Å². The first-order chi connectivity index (χ1) is 22.0. The van der Waals surface area contributed by atoms with Crippen LogP contribution in [0.25, 0.3) is 0 Å². The summed E-state index contributed by atoms with van der Waals surface area (Å²) >= 11 is 0. The molecular formula is C40H66N2O4S. The van der Waals surface area contributed by atoms with Crippen LogP contribution in [0.5, 0.6) is 0 Å². The van der Waals surface area contributed by atoms with E-state index in [1.807, 2.05) is 0 Å². The van der Waals surface area contributed by atoms with Gasteiger partial charge < -0.3 is 15.0 Å². The average molecular weight is 671 g/mol. The maximum absolute atomic E-state index is 12.0. The molecule has 0 bridgehead atoms. The van der Waals surface area contributed by atoms with E-state index in [2.05, 4.69) is 64.4 Å². The summed E-state index contributed by atoms with van der Waals surface area (Å²) in [6, 6.07) is 0. The van der Waals surface area contributed by atoms with Gasteiger partial charge >= 0.3 is 5.97 Å². The molecule has 0 aromatic carbocycles. The molecule has 266 valence electrons. The minimum Gasteiger partial charge on any atom is -0.469 e. The zero-order valence-electron chi connectivity index (χ0n) is 30.9.